The summed E-state index contributed by atoms with van der Waals surface area (Å²) in [6, 6.07) is 11.3. The zero-order valence-electron chi connectivity index (χ0n) is 10.4. The number of aromatic hydroxyl groups is 1. The zero-order chi connectivity index (χ0) is 14.8. The maximum atomic E-state index is 12.2. The molecule has 20 heavy (non-hydrogen) atoms. The van der Waals surface area contributed by atoms with E-state index in [4.69, 9.17) is 11.6 Å². The molecule has 0 heterocycles. The third-order valence-corrected chi connectivity index (χ3v) is 5.08. The second-order valence-corrected chi connectivity index (χ2v) is 7.75. The summed E-state index contributed by atoms with van der Waals surface area (Å²) in [5.74, 6) is -0.0648. The van der Waals surface area contributed by atoms with E-state index >= 15 is 0 Å². The first-order valence-electron chi connectivity index (χ1n) is 5.71. The first-order valence-corrected chi connectivity index (χ1v) is 8.78. The van der Waals surface area contributed by atoms with Gasteiger partial charge in [0.1, 0.15) is 0 Å². The Morgan fingerprint density at radius 2 is 1.90 bits per heavy atom. The van der Waals surface area contributed by atoms with Crippen LogP contribution in [-0.2, 0) is 16.6 Å². The number of rotatable bonds is 4. The molecular formula is C13H13AsClNO3S. The van der Waals surface area contributed by atoms with E-state index in [1.807, 2.05) is 0 Å². The molecule has 0 aromatic heterocycles. The van der Waals surface area contributed by atoms with Crippen molar-refractivity contribution in [2.24, 2.45) is 0 Å². The molecule has 0 aliphatic carbocycles. The molecule has 0 fully saturated rings. The van der Waals surface area contributed by atoms with Crippen molar-refractivity contribution in [1.29, 1.82) is 0 Å². The van der Waals surface area contributed by atoms with Gasteiger partial charge in [0.05, 0.1) is 0 Å². The standard InChI is InChI=1S/C13H13AsClNO3S/c14-10-5-11(17)7-12(6-10)20(18,19)16-8-9-3-1-2-4-13(9)15/h1-7,16-17H,8,14H2. The van der Waals surface area contributed by atoms with Crippen molar-refractivity contribution in [3.63, 3.8) is 0 Å². The molecule has 0 saturated carbocycles. The Bertz CT molecular complexity index is 714. The van der Waals surface area contributed by atoms with Crippen LogP contribution in [0.4, 0.5) is 0 Å². The summed E-state index contributed by atoms with van der Waals surface area (Å²) >= 11 is 7.22. The Kier molecular flexibility index (Phi) is 4.76. The number of phenols is 1. The van der Waals surface area contributed by atoms with E-state index in [1.54, 1.807) is 24.3 Å². The van der Waals surface area contributed by atoms with Gasteiger partial charge in [-0.1, -0.05) is 0 Å². The molecule has 1 atom stereocenters. The van der Waals surface area contributed by atoms with Gasteiger partial charge in [0.2, 0.25) is 0 Å². The van der Waals surface area contributed by atoms with E-state index < -0.39 is 10.0 Å². The average Bonchev–Trinajstić information content (AvgIpc) is 2.37. The summed E-state index contributed by atoms with van der Waals surface area (Å²) in [4.78, 5) is 0.0453. The summed E-state index contributed by atoms with van der Waals surface area (Å²) in [6.45, 7) is 0.0991. The summed E-state index contributed by atoms with van der Waals surface area (Å²) < 4.78 is 27.5. The average molecular weight is 374 g/mol. The maximum absolute atomic E-state index is 12.2. The molecule has 0 saturated heterocycles. The Balaban J connectivity index is 2.22. The first-order chi connectivity index (χ1) is 9.38. The molecule has 7 heteroatoms. The third kappa shape index (κ3) is 3.76. The molecule has 2 aromatic rings. The number of nitrogens with one attached hydrogen (secondary N) is 1. The van der Waals surface area contributed by atoms with Crippen LogP contribution in [-0.4, -0.2) is 30.4 Å². The number of halogens is 1. The van der Waals surface area contributed by atoms with Gasteiger partial charge in [0, 0.05) is 0 Å². The quantitative estimate of drug-likeness (QED) is 0.779. The van der Waals surface area contributed by atoms with Crippen LogP contribution in [0.15, 0.2) is 47.4 Å². The van der Waals surface area contributed by atoms with Gasteiger partial charge in [-0.2, -0.15) is 0 Å². The van der Waals surface area contributed by atoms with E-state index in [0.717, 1.165) is 4.35 Å². The summed E-state index contributed by atoms with van der Waals surface area (Å²) in [5, 5.41) is 9.99. The van der Waals surface area contributed by atoms with Gasteiger partial charge in [-0.3, -0.25) is 0 Å². The first kappa shape index (κ1) is 15.4. The fourth-order valence-corrected chi connectivity index (χ4v) is 3.93. The molecule has 0 aliphatic rings. The van der Waals surface area contributed by atoms with Crippen molar-refractivity contribution < 1.29 is 13.5 Å². The van der Waals surface area contributed by atoms with E-state index in [2.05, 4.69) is 4.72 Å². The van der Waals surface area contributed by atoms with Gasteiger partial charge >= 0.3 is 131 Å². The van der Waals surface area contributed by atoms with Crippen LogP contribution < -0.4 is 9.07 Å². The third-order valence-electron chi connectivity index (χ3n) is 2.63. The Morgan fingerprint density at radius 1 is 1.20 bits per heavy atom. The Morgan fingerprint density at radius 3 is 2.55 bits per heavy atom. The number of hydrogen-bond donors (Lipinski definition) is 2. The van der Waals surface area contributed by atoms with Gasteiger partial charge in [-0.05, 0) is 0 Å². The predicted octanol–water partition coefficient (Wildman–Crippen LogP) is 0.782. The van der Waals surface area contributed by atoms with Crippen LogP contribution >= 0.6 is 11.6 Å². The van der Waals surface area contributed by atoms with E-state index in [-0.39, 0.29) is 17.2 Å². The second kappa shape index (κ2) is 6.18. The van der Waals surface area contributed by atoms with Crippen molar-refractivity contribution in [1.82, 2.24) is 4.72 Å². The normalized spacial score (nSPS) is 11.5. The molecule has 0 bridgehead atoms. The molecule has 1 unspecified atom stereocenters. The van der Waals surface area contributed by atoms with Crippen LogP contribution in [0.5, 0.6) is 5.75 Å². The zero-order valence-corrected chi connectivity index (χ0v) is 14.4. The van der Waals surface area contributed by atoms with Crippen molar-refractivity contribution in [2.45, 2.75) is 11.4 Å². The number of phenolic OH excluding ortho intramolecular Hbond substituents is 1. The molecule has 0 spiro atoms. The van der Waals surface area contributed by atoms with Crippen LogP contribution in [0.1, 0.15) is 5.56 Å². The molecule has 0 radical (unpaired) electrons. The second-order valence-electron chi connectivity index (χ2n) is 4.18. The Hall–Kier alpha value is -1.00. The monoisotopic (exact) mass is 373 g/mol. The van der Waals surface area contributed by atoms with E-state index in [1.165, 1.54) is 35.1 Å². The van der Waals surface area contributed by atoms with Gasteiger partial charge in [-0.25, -0.2) is 0 Å². The SMILES string of the molecule is O=S(=O)(NCc1ccccc1Cl)c1cc(O)cc([AsH2])c1. The summed E-state index contributed by atoms with van der Waals surface area (Å²) in [7, 11) is -3.68. The predicted molar refractivity (Wildman–Crippen MR) is 81.8 cm³/mol. The topological polar surface area (TPSA) is 66.4 Å². The van der Waals surface area contributed by atoms with Crippen molar-refractivity contribution in [3.05, 3.63) is 53.1 Å². The summed E-state index contributed by atoms with van der Waals surface area (Å²) in [5.41, 5.74) is 0.693. The molecule has 2 rings (SSSR count). The summed E-state index contributed by atoms with van der Waals surface area (Å²) in [6.07, 6.45) is 0. The minimum absolute atomic E-state index is 0.0453. The molecule has 4 nitrogen and oxygen atoms in total. The Labute approximate surface area is 131 Å². The van der Waals surface area contributed by atoms with E-state index in [0.29, 0.717) is 10.6 Å². The molecule has 2 aromatic carbocycles. The molecular weight excluding hydrogens is 361 g/mol. The fourth-order valence-electron chi connectivity index (χ4n) is 1.66. The van der Waals surface area contributed by atoms with Gasteiger partial charge in [-0.15, -0.1) is 0 Å². The van der Waals surface area contributed by atoms with Crippen LogP contribution in [0.2, 0.25) is 5.02 Å². The fraction of sp³-hybridized carbons (Fsp3) is 0.0769. The number of benzene rings is 2. The van der Waals surface area contributed by atoms with Crippen LogP contribution in [0.3, 0.4) is 0 Å². The van der Waals surface area contributed by atoms with Gasteiger partial charge < -0.3 is 0 Å². The van der Waals surface area contributed by atoms with Gasteiger partial charge in [0.25, 0.3) is 0 Å². The van der Waals surface area contributed by atoms with Crippen LogP contribution in [0, 0.1) is 0 Å². The van der Waals surface area contributed by atoms with Crippen molar-refractivity contribution >= 4 is 42.8 Å². The number of sulfonamides is 1. The number of hydrogen-bond acceptors (Lipinski definition) is 3. The molecule has 0 aliphatic heterocycles. The van der Waals surface area contributed by atoms with Crippen molar-refractivity contribution in [3.8, 4) is 5.75 Å². The molecule has 0 amide bonds. The van der Waals surface area contributed by atoms with Gasteiger partial charge in [0.15, 0.2) is 0 Å². The van der Waals surface area contributed by atoms with Crippen LogP contribution in [0.25, 0.3) is 0 Å². The minimum atomic E-state index is -3.68. The molecule has 2 N–H and O–H groups in total. The van der Waals surface area contributed by atoms with Crippen molar-refractivity contribution in [2.75, 3.05) is 0 Å². The molecule has 106 valence electrons. The van der Waals surface area contributed by atoms with E-state index in [9.17, 15) is 13.5 Å².